The summed E-state index contributed by atoms with van der Waals surface area (Å²) >= 11 is 0. The van der Waals surface area contributed by atoms with Crippen molar-refractivity contribution in [1.29, 1.82) is 0 Å². The van der Waals surface area contributed by atoms with E-state index in [0.717, 1.165) is 39.2 Å². The average Bonchev–Trinajstić information content (AvgIpc) is 2.78. The second-order valence-electron chi connectivity index (χ2n) is 6.37. The summed E-state index contributed by atoms with van der Waals surface area (Å²) in [5.41, 5.74) is 3.87. The number of benzene rings is 3. The Morgan fingerprint density at radius 3 is 2.34 bits per heavy atom. The van der Waals surface area contributed by atoms with Crippen molar-refractivity contribution in [2.45, 2.75) is 0 Å². The zero-order valence-electron chi connectivity index (χ0n) is 16.3. The van der Waals surface area contributed by atoms with Gasteiger partial charge in [-0.2, -0.15) is 0 Å². The first kappa shape index (κ1) is 18.7. The van der Waals surface area contributed by atoms with Crippen LogP contribution in [0, 0.1) is 0 Å². The lowest BCUT2D eigenvalue weighted by Gasteiger charge is -2.10. The monoisotopic (exact) mass is 387 g/mol. The molecule has 29 heavy (non-hydrogen) atoms. The van der Waals surface area contributed by atoms with Crippen LogP contribution in [0.15, 0.2) is 72.9 Å². The Morgan fingerprint density at radius 1 is 0.862 bits per heavy atom. The summed E-state index contributed by atoms with van der Waals surface area (Å²) < 4.78 is 15.6. The van der Waals surface area contributed by atoms with Crippen LogP contribution in [0.2, 0.25) is 0 Å². The first-order valence-electron chi connectivity index (χ1n) is 9.16. The number of para-hydroxylation sites is 1. The standard InChI is InChI=1S/C23H21N3O3/c1-27-15-29-20-12-8-18(9-13-20)25-23-24-14-17-4-3-5-21(22(17)26-23)16-6-10-19(28-2)11-7-16/h3-14H,15H2,1-2H3,(H,24,25,26). The highest BCUT2D eigenvalue weighted by molar-refractivity contribution is 5.93. The third kappa shape index (κ3) is 4.28. The Bertz CT molecular complexity index is 1100. The largest absolute Gasteiger partial charge is 0.497 e. The molecule has 0 unspecified atom stereocenters. The Hall–Kier alpha value is -3.64. The minimum absolute atomic E-state index is 0.217. The Kier molecular flexibility index (Phi) is 5.54. The van der Waals surface area contributed by atoms with Crippen molar-refractivity contribution in [3.8, 4) is 22.6 Å². The number of anilines is 2. The number of ether oxygens (including phenoxy) is 3. The van der Waals surface area contributed by atoms with Gasteiger partial charge in [-0.1, -0.05) is 30.3 Å². The summed E-state index contributed by atoms with van der Waals surface area (Å²) in [4.78, 5) is 9.20. The van der Waals surface area contributed by atoms with E-state index in [1.807, 2.05) is 66.9 Å². The van der Waals surface area contributed by atoms with E-state index in [-0.39, 0.29) is 6.79 Å². The Morgan fingerprint density at radius 2 is 1.62 bits per heavy atom. The average molecular weight is 387 g/mol. The van der Waals surface area contributed by atoms with Crippen LogP contribution in [0.1, 0.15) is 0 Å². The van der Waals surface area contributed by atoms with E-state index in [1.54, 1.807) is 14.2 Å². The lowest BCUT2D eigenvalue weighted by atomic mass is 10.0. The molecule has 0 amide bonds. The van der Waals surface area contributed by atoms with Gasteiger partial charge in [-0.15, -0.1) is 0 Å². The van der Waals surface area contributed by atoms with Gasteiger partial charge in [0.15, 0.2) is 6.79 Å². The third-order valence-corrected chi connectivity index (χ3v) is 4.47. The van der Waals surface area contributed by atoms with Gasteiger partial charge in [0.2, 0.25) is 5.95 Å². The van der Waals surface area contributed by atoms with Crippen molar-refractivity contribution in [2.75, 3.05) is 26.3 Å². The zero-order chi connectivity index (χ0) is 20.1. The molecule has 0 atom stereocenters. The Balaban J connectivity index is 1.62. The Labute approximate surface area is 169 Å². The molecule has 0 saturated carbocycles. The van der Waals surface area contributed by atoms with Crippen LogP contribution in [-0.2, 0) is 4.74 Å². The molecule has 3 aromatic carbocycles. The molecule has 6 heteroatoms. The zero-order valence-corrected chi connectivity index (χ0v) is 16.3. The molecule has 1 heterocycles. The topological polar surface area (TPSA) is 65.5 Å². The summed E-state index contributed by atoms with van der Waals surface area (Å²) in [6, 6.07) is 21.6. The molecule has 0 bridgehead atoms. The molecule has 1 aromatic heterocycles. The normalized spacial score (nSPS) is 10.7. The van der Waals surface area contributed by atoms with E-state index < -0.39 is 0 Å². The summed E-state index contributed by atoms with van der Waals surface area (Å²) in [5.74, 6) is 2.09. The fourth-order valence-electron chi connectivity index (χ4n) is 3.01. The molecule has 0 saturated heterocycles. The van der Waals surface area contributed by atoms with Gasteiger partial charge in [0.25, 0.3) is 0 Å². The molecule has 0 aliphatic rings. The van der Waals surface area contributed by atoms with E-state index in [2.05, 4.69) is 16.4 Å². The maximum absolute atomic E-state index is 5.41. The second kappa shape index (κ2) is 8.58. The minimum Gasteiger partial charge on any atom is -0.497 e. The van der Waals surface area contributed by atoms with E-state index in [9.17, 15) is 0 Å². The maximum atomic E-state index is 5.41. The minimum atomic E-state index is 0.217. The van der Waals surface area contributed by atoms with Crippen molar-refractivity contribution < 1.29 is 14.2 Å². The molecule has 1 N–H and O–H groups in total. The highest BCUT2D eigenvalue weighted by Crippen LogP contribution is 2.29. The van der Waals surface area contributed by atoms with Crippen LogP contribution in [0.4, 0.5) is 11.6 Å². The van der Waals surface area contributed by atoms with Gasteiger partial charge in [0, 0.05) is 29.9 Å². The number of fused-ring (bicyclic) bond motifs is 1. The van der Waals surface area contributed by atoms with E-state index in [1.165, 1.54) is 0 Å². The van der Waals surface area contributed by atoms with Crippen LogP contribution < -0.4 is 14.8 Å². The highest BCUT2D eigenvalue weighted by Gasteiger charge is 2.08. The first-order chi connectivity index (χ1) is 14.3. The van der Waals surface area contributed by atoms with Crippen molar-refractivity contribution in [2.24, 2.45) is 0 Å². The predicted molar refractivity (Wildman–Crippen MR) is 114 cm³/mol. The van der Waals surface area contributed by atoms with E-state index in [4.69, 9.17) is 19.2 Å². The van der Waals surface area contributed by atoms with E-state index >= 15 is 0 Å². The third-order valence-electron chi connectivity index (χ3n) is 4.47. The number of methoxy groups -OCH3 is 2. The smallest absolute Gasteiger partial charge is 0.227 e. The number of rotatable bonds is 7. The number of hydrogen-bond donors (Lipinski definition) is 1. The molecule has 0 aliphatic carbocycles. The van der Waals surface area contributed by atoms with Crippen LogP contribution in [0.25, 0.3) is 22.0 Å². The van der Waals surface area contributed by atoms with Crippen molar-refractivity contribution >= 4 is 22.5 Å². The van der Waals surface area contributed by atoms with Gasteiger partial charge >= 0.3 is 0 Å². The molecule has 6 nitrogen and oxygen atoms in total. The van der Waals surface area contributed by atoms with Gasteiger partial charge in [0.1, 0.15) is 11.5 Å². The molecular formula is C23H21N3O3. The predicted octanol–water partition coefficient (Wildman–Crippen LogP) is 5.03. The van der Waals surface area contributed by atoms with Crippen molar-refractivity contribution in [1.82, 2.24) is 9.97 Å². The summed E-state index contributed by atoms with van der Waals surface area (Å²) in [6.45, 7) is 0.217. The van der Waals surface area contributed by atoms with Gasteiger partial charge in [-0.05, 0) is 42.0 Å². The van der Waals surface area contributed by atoms with Gasteiger partial charge in [0.05, 0.1) is 12.6 Å². The number of nitrogens with zero attached hydrogens (tertiary/aromatic N) is 2. The fourth-order valence-corrected chi connectivity index (χ4v) is 3.01. The van der Waals surface area contributed by atoms with Gasteiger partial charge in [-0.3, -0.25) is 0 Å². The van der Waals surface area contributed by atoms with E-state index in [0.29, 0.717) is 5.95 Å². The molecule has 4 rings (SSSR count). The molecule has 0 aliphatic heterocycles. The van der Waals surface area contributed by atoms with Crippen molar-refractivity contribution in [3.63, 3.8) is 0 Å². The molecule has 0 fully saturated rings. The number of hydrogen-bond acceptors (Lipinski definition) is 6. The molecule has 0 spiro atoms. The number of aromatic nitrogens is 2. The van der Waals surface area contributed by atoms with Gasteiger partial charge < -0.3 is 19.5 Å². The van der Waals surface area contributed by atoms with Crippen molar-refractivity contribution in [3.05, 3.63) is 72.9 Å². The lowest BCUT2D eigenvalue weighted by molar-refractivity contribution is 0.0511. The summed E-state index contributed by atoms with van der Waals surface area (Å²) in [5, 5.41) is 4.23. The second-order valence-corrected chi connectivity index (χ2v) is 6.37. The van der Waals surface area contributed by atoms with Crippen LogP contribution in [0.3, 0.4) is 0 Å². The first-order valence-corrected chi connectivity index (χ1v) is 9.16. The molecule has 146 valence electrons. The fraction of sp³-hybridized carbons (Fsp3) is 0.130. The molecule has 4 aromatic rings. The lowest BCUT2D eigenvalue weighted by Crippen LogP contribution is -2.00. The molecule has 0 radical (unpaired) electrons. The number of nitrogens with one attached hydrogen (secondary N) is 1. The SMILES string of the molecule is COCOc1ccc(Nc2ncc3cccc(-c4ccc(OC)cc4)c3n2)cc1. The summed E-state index contributed by atoms with van der Waals surface area (Å²) in [6.07, 6.45) is 1.83. The van der Waals surface area contributed by atoms with Crippen LogP contribution >= 0.6 is 0 Å². The summed E-state index contributed by atoms with van der Waals surface area (Å²) in [7, 11) is 3.25. The van der Waals surface area contributed by atoms with Gasteiger partial charge in [-0.25, -0.2) is 9.97 Å². The van der Waals surface area contributed by atoms with Crippen LogP contribution in [-0.4, -0.2) is 31.0 Å². The highest BCUT2D eigenvalue weighted by atomic mass is 16.7. The maximum Gasteiger partial charge on any atom is 0.227 e. The quantitative estimate of drug-likeness (QED) is 0.449. The molecular weight excluding hydrogens is 366 g/mol. The van der Waals surface area contributed by atoms with Crippen LogP contribution in [0.5, 0.6) is 11.5 Å².